The van der Waals surface area contributed by atoms with Crippen LogP contribution in [0.3, 0.4) is 0 Å². The van der Waals surface area contributed by atoms with Crippen LogP contribution in [0.5, 0.6) is 11.6 Å². The van der Waals surface area contributed by atoms with Gasteiger partial charge in [-0.05, 0) is 36.6 Å². The van der Waals surface area contributed by atoms with Gasteiger partial charge < -0.3 is 10.1 Å². The molecule has 2 rings (SSSR count). The van der Waals surface area contributed by atoms with Crippen molar-refractivity contribution in [3.63, 3.8) is 0 Å². The predicted molar refractivity (Wildman–Crippen MR) is 84.5 cm³/mol. The van der Waals surface area contributed by atoms with Gasteiger partial charge in [0.15, 0.2) is 0 Å². The number of hydrogen-bond acceptors (Lipinski definition) is 4. The van der Waals surface area contributed by atoms with Crippen molar-refractivity contribution in [2.45, 2.75) is 33.7 Å². The van der Waals surface area contributed by atoms with Gasteiger partial charge in [0, 0.05) is 12.7 Å². The molecule has 0 spiro atoms. The zero-order valence-corrected chi connectivity index (χ0v) is 13.0. The number of nitrogens with one attached hydrogen (secondary N) is 1. The molecule has 1 heterocycles. The maximum atomic E-state index is 5.79. The van der Waals surface area contributed by atoms with Crippen LogP contribution in [0.2, 0.25) is 0 Å². The average Bonchev–Trinajstić information content (AvgIpc) is 2.47. The lowest BCUT2D eigenvalue weighted by atomic mass is 10.2. The van der Waals surface area contributed by atoms with Crippen molar-refractivity contribution >= 4 is 0 Å². The van der Waals surface area contributed by atoms with Gasteiger partial charge in [-0.15, -0.1) is 0 Å². The lowest BCUT2D eigenvalue weighted by molar-refractivity contribution is 0.454. The van der Waals surface area contributed by atoms with Crippen molar-refractivity contribution in [1.82, 2.24) is 15.3 Å². The first-order valence-corrected chi connectivity index (χ1v) is 7.45. The zero-order chi connectivity index (χ0) is 15.1. The summed E-state index contributed by atoms with van der Waals surface area (Å²) in [5.41, 5.74) is 2.13. The molecule has 0 aliphatic rings. The molecule has 0 amide bonds. The van der Waals surface area contributed by atoms with Gasteiger partial charge in [-0.25, -0.2) is 4.98 Å². The fourth-order valence-corrected chi connectivity index (χ4v) is 1.96. The third kappa shape index (κ3) is 5.16. The standard InChI is InChI=1S/C17H23N3O/c1-4-14-6-5-7-16(8-14)21-17-12-19-11-15(20-17)10-18-9-13(2)3/h5-8,11-13,18H,4,9-10H2,1-3H3. The van der Waals surface area contributed by atoms with Gasteiger partial charge in [-0.1, -0.05) is 32.9 Å². The molecule has 1 N–H and O–H groups in total. The van der Waals surface area contributed by atoms with Crippen molar-refractivity contribution in [2.75, 3.05) is 6.54 Å². The first-order valence-electron chi connectivity index (χ1n) is 7.45. The maximum Gasteiger partial charge on any atom is 0.238 e. The molecule has 112 valence electrons. The van der Waals surface area contributed by atoms with Crippen molar-refractivity contribution < 1.29 is 4.74 Å². The minimum absolute atomic E-state index is 0.534. The molecule has 0 aliphatic heterocycles. The molecular weight excluding hydrogens is 262 g/mol. The summed E-state index contributed by atoms with van der Waals surface area (Å²) in [5.74, 6) is 1.96. The van der Waals surface area contributed by atoms with Crippen LogP contribution in [0.15, 0.2) is 36.7 Å². The van der Waals surface area contributed by atoms with Crippen LogP contribution in [0, 0.1) is 5.92 Å². The van der Waals surface area contributed by atoms with E-state index in [1.165, 1.54) is 5.56 Å². The minimum Gasteiger partial charge on any atom is -0.437 e. The van der Waals surface area contributed by atoms with Crippen LogP contribution < -0.4 is 10.1 Å². The topological polar surface area (TPSA) is 47.0 Å². The number of ether oxygens (including phenoxy) is 1. The summed E-state index contributed by atoms with van der Waals surface area (Å²) in [4.78, 5) is 8.67. The molecule has 0 atom stereocenters. The Bertz CT molecular complexity index is 569. The number of aryl methyl sites for hydroxylation is 1. The maximum absolute atomic E-state index is 5.79. The molecule has 0 bridgehead atoms. The second-order valence-corrected chi connectivity index (χ2v) is 5.48. The summed E-state index contributed by atoms with van der Waals surface area (Å²) in [5, 5.41) is 3.35. The average molecular weight is 285 g/mol. The van der Waals surface area contributed by atoms with Gasteiger partial charge in [-0.2, -0.15) is 0 Å². The van der Waals surface area contributed by atoms with Gasteiger partial charge >= 0.3 is 0 Å². The van der Waals surface area contributed by atoms with Crippen LogP contribution in [0.1, 0.15) is 32.0 Å². The summed E-state index contributed by atoms with van der Waals surface area (Å²) < 4.78 is 5.79. The molecule has 4 heteroatoms. The van der Waals surface area contributed by atoms with Crippen LogP contribution >= 0.6 is 0 Å². The number of nitrogens with zero attached hydrogens (tertiary/aromatic N) is 2. The molecule has 1 aromatic carbocycles. The minimum atomic E-state index is 0.534. The number of aromatic nitrogens is 2. The van der Waals surface area contributed by atoms with E-state index in [1.54, 1.807) is 12.4 Å². The smallest absolute Gasteiger partial charge is 0.238 e. The Hall–Kier alpha value is -1.94. The fraction of sp³-hybridized carbons (Fsp3) is 0.412. The monoisotopic (exact) mass is 285 g/mol. The van der Waals surface area contributed by atoms with E-state index < -0.39 is 0 Å². The van der Waals surface area contributed by atoms with Crippen molar-refractivity contribution in [3.05, 3.63) is 47.9 Å². The highest BCUT2D eigenvalue weighted by molar-refractivity contribution is 5.31. The predicted octanol–water partition coefficient (Wildman–Crippen LogP) is 3.58. The molecule has 4 nitrogen and oxygen atoms in total. The second kappa shape index (κ2) is 7.74. The van der Waals surface area contributed by atoms with Crippen molar-refractivity contribution in [3.8, 4) is 11.6 Å². The lowest BCUT2D eigenvalue weighted by Gasteiger charge is -2.09. The highest BCUT2D eigenvalue weighted by Gasteiger charge is 2.03. The molecule has 0 saturated carbocycles. The van der Waals surface area contributed by atoms with E-state index in [4.69, 9.17) is 4.74 Å². The van der Waals surface area contributed by atoms with Gasteiger partial charge in [0.2, 0.25) is 5.88 Å². The number of hydrogen-bond donors (Lipinski definition) is 1. The Morgan fingerprint density at radius 2 is 2.10 bits per heavy atom. The Morgan fingerprint density at radius 1 is 1.24 bits per heavy atom. The SMILES string of the molecule is CCc1cccc(Oc2cncc(CNCC(C)C)n2)c1. The van der Waals surface area contributed by atoms with E-state index in [0.717, 1.165) is 24.4 Å². The first-order chi connectivity index (χ1) is 10.2. The Kier molecular flexibility index (Phi) is 5.69. The fourth-order valence-electron chi connectivity index (χ4n) is 1.96. The third-order valence-corrected chi connectivity index (χ3v) is 3.05. The highest BCUT2D eigenvalue weighted by Crippen LogP contribution is 2.20. The van der Waals surface area contributed by atoms with Gasteiger partial charge in [0.25, 0.3) is 0 Å². The molecule has 0 unspecified atom stereocenters. The lowest BCUT2D eigenvalue weighted by Crippen LogP contribution is -2.19. The summed E-state index contributed by atoms with van der Waals surface area (Å²) in [6.45, 7) is 8.15. The van der Waals surface area contributed by atoms with E-state index in [9.17, 15) is 0 Å². The van der Waals surface area contributed by atoms with Gasteiger partial charge in [0.05, 0.1) is 11.9 Å². The Labute approximate surface area is 126 Å². The first kappa shape index (κ1) is 15.4. The molecule has 0 radical (unpaired) electrons. The van der Waals surface area contributed by atoms with Crippen LogP contribution in [0.25, 0.3) is 0 Å². The molecule has 2 aromatic rings. The summed E-state index contributed by atoms with van der Waals surface area (Å²) in [6, 6.07) is 8.05. The number of benzene rings is 1. The third-order valence-electron chi connectivity index (χ3n) is 3.05. The van der Waals surface area contributed by atoms with Gasteiger partial charge in [-0.3, -0.25) is 4.98 Å². The highest BCUT2D eigenvalue weighted by atomic mass is 16.5. The Morgan fingerprint density at radius 3 is 2.86 bits per heavy atom. The quantitative estimate of drug-likeness (QED) is 0.844. The molecule has 1 aromatic heterocycles. The van der Waals surface area contributed by atoms with Crippen LogP contribution in [-0.2, 0) is 13.0 Å². The number of rotatable bonds is 7. The normalized spacial score (nSPS) is 10.9. The summed E-state index contributed by atoms with van der Waals surface area (Å²) in [7, 11) is 0. The van der Waals surface area contributed by atoms with Gasteiger partial charge in [0.1, 0.15) is 5.75 Å². The van der Waals surface area contributed by atoms with Crippen molar-refractivity contribution in [2.24, 2.45) is 5.92 Å². The largest absolute Gasteiger partial charge is 0.437 e. The second-order valence-electron chi connectivity index (χ2n) is 5.48. The molecule has 0 aliphatic carbocycles. The van der Waals surface area contributed by atoms with Crippen molar-refractivity contribution in [1.29, 1.82) is 0 Å². The molecular formula is C17H23N3O. The van der Waals surface area contributed by atoms with E-state index in [1.807, 2.05) is 18.2 Å². The molecule has 0 saturated heterocycles. The molecule has 0 fully saturated rings. The van der Waals surface area contributed by atoms with E-state index in [-0.39, 0.29) is 0 Å². The summed E-state index contributed by atoms with van der Waals surface area (Å²) >= 11 is 0. The summed E-state index contributed by atoms with van der Waals surface area (Å²) in [6.07, 6.45) is 4.40. The van der Waals surface area contributed by atoms with Crippen LogP contribution in [-0.4, -0.2) is 16.5 Å². The Balaban J connectivity index is 1.99. The van der Waals surface area contributed by atoms with Crippen LogP contribution in [0.4, 0.5) is 0 Å². The van der Waals surface area contributed by atoms with E-state index in [0.29, 0.717) is 18.3 Å². The zero-order valence-electron chi connectivity index (χ0n) is 13.0. The molecule has 21 heavy (non-hydrogen) atoms. The van der Waals surface area contributed by atoms with E-state index >= 15 is 0 Å². The van der Waals surface area contributed by atoms with E-state index in [2.05, 4.69) is 42.1 Å².